The van der Waals surface area contributed by atoms with Crippen LogP contribution in [0.3, 0.4) is 0 Å². The fourth-order valence-corrected chi connectivity index (χ4v) is 3.17. The van der Waals surface area contributed by atoms with E-state index in [-0.39, 0.29) is 11.4 Å². The predicted molar refractivity (Wildman–Crippen MR) is 105 cm³/mol. The lowest BCUT2D eigenvalue weighted by Crippen LogP contribution is -2.43. The van der Waals surface area contributed by atoms with E-state index in [1.54, 1.807) is 36.4 Å². The maximum absolute atomic E-state index is 13.1. The quantitative estimate of drug-likeness (QED) is 0.594. The van der Waals surface area contributed by atoms with Gasteiger partial charge in [-0.1, -0.05) is 18.2 Å². The van der Waals surface area contributed by atoms with Crippen LogP contribution in [0.25, 0.3) is 23.1 Å². The molecule has 1 heterocycles. The summed E-state index contributed by atoms with van der Waals surface area (Å²) in [6.07, 6.45) is 4.30. The van der Waals surface area contributed by atoms with Crippen LogP contribution in [-0.2, 0) is 4.79 Å². The number of nitrogens with zero attached hydrogens (tertiary/aromatic N) is 1. The second-order valence-corrected chi connectivity index (χ2v) is 6.90. The van der Waals surface area contributed by atoms with E-state index in [1.165, 1.54) is 19.2 Å². The van der Waals surface area contributed by atoms with Gasteiger partial charge in [0.15, 0.2) is 0 Å². The molecule has 8 heteroatoms. The van der Waals surface area contributed by atoms with Gasteiger partial charge >= 0.3 is 5.97 Å². The van der Waals surface area contributed by atoms with E-state index in [1.807, 2.05) is 0 Å². The lowest BCUT2D eigenvalue weighted by atomic mass is 10.1. The molecular formula is C21H18FN3O4. The Morgan fingerprint density at radius 1 is 1.21 bits per heavy atom. The molecule has 148 valence electrons. The van der Waals surface area contributed by atoms with Gasteiger partial charge < -0.3 is 15.2 Å². The summed E-state index contributed by atoms with van der Waals surface area (Å²) < 4.78 is 18.6. The Balaban J connectivity index is 1.71. The fourth-order valence-electron chi connectivity index (χ4n) is 3.17. The Morgan fingerprint density at radius 3 is 2.55 bits per heavy atom. The highest BCUT2D eigenvalue weighted by Crippen LogP contribution is 2.37. The van der Waals surface area contributed by atoms with E-state index in [2.05, 4.69) is 15.5 Å². The van der Waals surface area contributed by atoms with Crippen molar-refractivity contribution in [1.82, 2.24) is 15.5 Å². The highest BCUT2D eigenvalue weighted by Gasteiger charge is 2.52. The van der Waals surface area contributed by atoms with Gasteiger partial charge in [0, 0.05) is 0 Å². The monoisotopic (exact) mass is 395 g/mol. The second-order valence-electron chi connectivity index (χ2n) is 6.90. The largest absolute Gasteiger partial charge is 0.495 e. The first kappa shape index (κ1) is 18.7. The van der Waals surface area contributed by atoms with E-state index in [4.69, 9.17) is 4.74 Å². The predicted octanol–water partition coefficient (Wildman–Crippen LogP) is 3.23. The fraction of sp³-hybridized carbons (Fsp3) is 0.190. The van der Waals surface area contributed by atoms with Gasteiger partial charge in [-0.25, -0.2) is 9.18 Å². The minimum absolute atomic E-state index is 0.227. The molecule has 2 aromatic carbocycles. The maximum atomic E-state index is 13.1. The number of amides is 1. The normalized spacial score (nSPS) is 14.8. The molecule has 1 fully saturated rings. The average Bonchev–Trinajstić information content (AvgIpc) is 3.38. The van der Waals surface area contributed by atoms with E-state index in [0.717, 1.165) is 5.56 Å². The van der Waals surface area contributed by atoms with Crippen LogP contribution in [-0.4, -0.2) is 39.8 Å². The number of aromatic amines is 1. The molecule has 1 saturated carbocycles. The number of hydrogen-bond donors (Lipinski definition) is 3. The molecule has 0 spiro atoms. The third-order valence-electron chi connectivity index (χ3n) is 4.98. The summed E-state index contributed by atoms with van der Waals surface area (Å²) in [6.45, 7) is 0. The van der Waals surface area contributed by atoms with Crippen molar-refractivity contribution in [3.8, 4) is 5.75 Å². The first-order valence-corrected chi connectivity index (χ1v) is 8.98. The summed E-state index contributed by atoms with van der Waals surface area (Å²) in [5.41, 5.74) is 1.02. The Morgan fingerprint density at radius 2 is 1.93 bits per heavy atom. The molecule has 0 atom stereocenters. The van der Waals surface area contributed by atoms with Crippen LogP contribution >= 0.6 is 0 Å². The Kier molecular flexibility index (Phi) is 4.54. The molecule has 0 saturated heterocycles. The van der Waals surface area contributed by atoms with Crippen LogP contribution in [0, 0.1) is 5.82 Å². The number of nitrogens with one attached hydrogen (secondary N) is 2. The van der Waals surface area contributed by atoms with Crippen molar-refractivity contribution in [3.63, 3.8) is 0 Å². The summed E-state index contributed by atoms with van der Waals surface area (Å²) in [5.74, 6) is -1.58. The standard InChI is InChI=1S/C21H18FN3O4/c1-29-18-14(19(26)23-21(10-11-21)20(27)28)7-9-16-17(18)15(24-25-16)8-4-12-2-5-13(22)6-3-12/h2-9H,10-11H2,1H3,(H,23,26)(H,24,25)(H,27,28). The number of carbonyl (C=O) groups excluding carboxylic acids is 1. The first-order chi connectivity index (χ1) is 13.9. The van der Waals surface area contributed by atoms with Crippen molar-refractivity contribution in [3.05, 3.63) is 59.0 Å². The summed E-state index contributed by atoms with van der Waals surface area (Å²) >= 11 is 0. The van der Waals surface area contributed by atoms with E-state index in [9.17, 15) is 19.1 Å². The molecule has 3 aromatic rings. The van der Waals surface area contributed by atoms with Gasteiger partial charge in [-0.3, -0.25) is 9.89 Å². The Hall–Kier alpha value is -3.68. The van der Waals surface area contributed by atoms with Crippen molar-refractivity contribution in [2.24, 2.45) is 0 Å². The summed E-state index contributed by atoms with van der Waals surface area (Å²) in [5, 5.41) is 19.6. The number of fused-ring (bicyclic) bond motifs is 1. The number of rotatable bonds is 6. The third kappa shape index (κ3) is 3.44. The van der Waals surface area contributed by atoms with Crippen molar-refractivity contribution in [2.75, 3.05) is 7.11 Å². The SMILES string of the molecule is COc1c(C(=O)NC2(C(=O)O)CC2)ccc2[nH]nc(C=Cc3ccc(F)cc3)c12. The minimum Gasteiger partial charge on any atom is -0.495 e. The number of H-pyrrole nitrogens is 1. The zero-order valence-corrected chi connectivity index (χ0v) is 15.5. The third-order valence-corrected chi connectivity index (χ3v) is 4.98. The molecule has 1 aliphatic rings. The van der Waals surface area contributed by atoms with Crippen molar-refractivity contribution in [2.45, 2.75) is 18.4 Å². The number of carboxylic acid groups (broad SMARTS) is 1. The van der Waals surface area contributed by atoms with Gasteiger partial charge in [-0.15, -0.1) is 0 Å². The van der Waals surface area contributed by atoms with Crippen LogP contribution in [0.5, 0.6) is 5.75 Å². The van der Waals surface area contributed by atoms with Crippen LogP contribution in [0.2, 0.25) is 0 Å². The molecule has 1 amide bonds. The average molecular weight is 395 g/mol. The van der Waals surface area contributed by atoms with Crippen LogP contribution < -0.4 is 10.1 Å². The zero-order valence-electron chi connectivity index (χ0n) is 15.5. The smallest absolute Gasteiger partial charge is 0.329 e. The number of carboxylic acids is 1. The molecule has 0 radical (unpaired) electrons. The second kappa shape index (κ2) is 7.05. The summed E-state index contributed by atoms with van der Waals surface area (Å²) in [4.78, 5) is 24.1. The maximum Gasteiger partial charge on any atom is 0.329 e. The molecule has 4 rings (SSSR count). The lowest BCUT2D eigenvalue weighted by Gasteiger charge is -2.15. The number of ether oxygens (including phenoxy) is 1. The van der Waals surface area contributed by atoms with Gasteiger partial charge in [0.2, 0.25) is 0 Å². The number of carbonyl (C=O) groups is 2. The zero-order chi connectivity index (χ0) is 20.6. The van der Waals surface area contributed by atoms with Crippen molar-refractivity contribution in [1.29, 1.82) is 0 Å². The molecule has 7 nitrogen and oxygen atoms in total. The van der Waals surface area contributed by atoms with Gasteiger partial charge in [0.1, 0.15) is 17.1 Å². The van der Waals surface area contributed by atoms with Crippen molar-refractivity contribution >= 4 is 34.9 Å². The highest BCUT2D eigenvalue weighted by molar-refractivity contribution is 6.07. The Bertz CT molecular complexity index is 1130. The molecule has 1 aromatic heterocycles. The summed E-state index contributed by atoms with van der Waals surface area (Å²) in [6, 6.07) is 9.26. The van der Waals surface area contributed by atoms with Gasteiger partial charge in [0.05, 0.1) is 29.3 Å². The topological polar surface area (TPSA) is 104 Å². The van der Waals surface area contributed by atoms with Crippen LogP contribution in [0.15, 0.2) is 36.4 Å². The first-order valence-electron chi connectivity index (χ1n) is 8.98. The number of hydrogen-bond acceptors (Lipinski definition) is 4. The van der Waals surface area contributed by atoms with E-state index >= 15 is 0 Å². The molecule has 1 aliphatic carbocycles. The number of aromatic nitrogens is 2. The van der Waals surface area contributed by atoms with Gasteiger partial charge in [0.25, 0.3) is 5.91 Å². The number of aliphatic carboxylic acids is 1. The minimum atomic E-state index is -1.20. The number of benzene rings is 2. The molecule has 29 heavy (non-hydrogen) atoms. The molecule has 0 aliphatic heterocycles. The van der Waals surface area contributed by atoms with Crippen molar-refractivity contribution < 1.29 is 23.8 Å². The van der Waals surface area contributed by atoms with Crippen LogP contribution in [0.1, 0.15) is 34.5 Å². The number of methoxy groups -OCH3 is 1. The van der Waals surface area contributed by atoms with Gasteiger partial charge in [-0.05, 0) is 48.7 Å². The van der Waals surface area contributed by atoms with Crippen LogP contribution in [0.4, 0.5) is 4.39 Å². The number of halogens is 1. The Labute approximate surface area is 165 Å². The molecule has 3 N–H and O–H groups in total. The molecular weight excluding hydrogens is 377 g/mol. The van der Waals surface area contributed by atoms with Gasteiger partial charge in [-0.2, -0.15) is 5.10 Å². The molecule has 0 bridgehead atoms. The summed E-state index contributed by atoms with van der Waals surface area (Å²) in [7, 11) is 1.44. The lowest BCUT2D eigenvalue weighted by molar-refractivity contribution is -0.140. The molecule has 0 unspecified atom stereocenters. The van der Waals surface area contributed by atoms with E-state index in [0.29, 0.717) is 35.2 Å². The van der Waals surface area contributed by atoms with E-state index < -0.39 is 17.4 Å². The highest BCUT2D eigenvalue weighted by atomic mass is 19.1.